The molecule has 0 amide bonds. The van der Waals surface area contributed by atoms with Gasteiger partial charge >= 0.3 is 0 Å². The summed E-state index contributed by atoms with van der Waals surface area (Å²) in [7, 11) is 0. The standard InChI is InChI=1S/C9H6Cl2O3/c10-6-1-8-9(2-7(6)11)14-5(3-12)4-13-8/h1-3,5H,4H2. The monoisotopic (exact) mass is 232 g/mol. The molecule has 3 nitrogen and oxygen atoms in total. The van der Waals surface area contributed by atoms with Gasteiger partial charge in [0.1, 0.15) is 6.61 Å². The fourth-order valence-corrected chi connectivity index (χ4v) is 1.46. The molecule has 5 heteroatoms. The van der Waals surface area contributed by atoms with Crippen LogP contribution in [-0.4, -0.2) is 19.0 Å². The van der Waals surface area contributed by atoms with Crippen LogP contribution in [0.5, 0.6) is 11.5 Å². The van der Waals surface area contributed by atoms with Crippen LogP contribution in [0.4, 0.5) is 0 Å². The molecule has 0 spiro atoms. The molecule has 74 valence electrons. The zero-order chi connectivity index (χ0) is 10.1. The van der Waals surface area contributed by atoms with E-state index in [0.29, 0.717) is 27.8 Å². The normalized spacial score (nSPS) is 19.1. The van der Waals surface area contributed by atoms with Crippen molar-refractivity contribution in [2.24, 2.45) is 0 Å². The topological polar surface area (TPSA) is 35.5 Å². The van der Waals surface area contributed by atoms with E-state index >= 15 is 0 Å². The molecule has 0 saturated carbocycles. The third-order valence-electron chi connectivity index (χ3n) is 1.82. The van der Waals surface area contributed by atoms with Crippen LogP contribution in [-0.2, 0) is 4.79 Å². The molecular formula is C9H6Cl2O3. The highest BCUT2D eigenvalue weighted by Crippen LogP contribution is 2.38. The number of fused-ring (bicyclic) bond motifs is 1. The zero-order valence-electron chi connectivity index (χ0n) is 7.00. The Labute approximate surface area is 90.5 Å². The third kappa shape index (κ3) is 1.65. The van der Waals surface area contributed by atoms with Crippen molar-refractivity contribution < 1.29 is 14.3 Å². The molecule has 1 aliphatic rings. The van der Waals surface area contributed by atoms with E-state index in [2.05, 4.69) is 0 Å². The number of halogens is 2. The van der Waals surface area contributed by atoms with Gasteiger partial charge in [0.25, 0.3) is 0 Å². The van der Waals surface area contributed by atoms with E-state index in [1.165, 1.54) is 6.07 Å². The largest absolute Gasteiger partial charge is 0.485 e. The van der Waals surface area contributed by atoms with E-state index in [-0.39, 0.29) is 6.61 Å². The molecule has 0 aliphatic carbocycles. The van der Waals surface area contributed by atoms with E-state index in [4.69, 9.17) is 32.7 Å². The number of ether oxygens (including phenoxy) is 2. The van der Waals surface area contributed by atoms with Gasteiger partial charge < -0.3 is 9.47 Å². The summed E-state index contributed by atoms with van der Waals surface area (Å²) >= 11 is 11.6. The summed E-state index contributed by atoms with van der Waals surface area (Å²) in [6.07, 6.45) is 0.116. The lowest BCUT2D eigenvalue weighted by atomic mass is 10.3. The van der Waals surface area contributed by atoms with Crippen LogP contribution in [0.3, 0.4) is 0 Å². The highest BCUT2D eigenvalue weighted by atomic mass is 35.5. The second-order valence-corrected chi connectivity index (χ2v) is 3.63. The summed E-state index contributed by atoms with van der Waals surface area (Å²) in [4.78, 5) is 10.5. The molecule has 0 bridgehead atoms. The first kappa shape index (κ1) is 9.62. The molecule has 0 radical (unpaired) electrons. The van der Waals surface area contributed by atoms with E-state index < -0.39 is 6.10 Å². The van der Waals surface area contributed by atoms with Crippen molar-refractivity contribution in [3.8, 4) is 11.5 Å². The van der Waals surface area contributed by atoms with Crippen LogP contribution < -0.4 is 9.47 Å². The molecule has 0 N–H and O–H groups in total. The summed E-state index contributed by atoms with van der Waals surface area (Å²) in [5.41, 5.74) is 0. The number of benzene rings is 1. The van der Waals surface area contributed by atoms with Gasteiger partial charge in [0.15, 0.2) is 23.9 Å². The number of hydrogen-bond acceptors (Lipinski definition) is 3. The molecule has 2 rings (SSSR count). The van der Waals surface area contributed by atoms with E-state index in [9.17, 15) is 4.79 Å². The van der Waals surface area contributed by atoms with Gasteiger partial charge in [-0.2, -0.15) is 0 Å². The van der Waals surface area contributed by atoms with Crippen molar-refractivity contribution in [2.45, 2.75) is 6.10 Å². The average Bonchev–Trinajstić information content (AvgIpc) is 2.19. The number of rotatable bonds is 1. The molecule has 1 atom stereocenters. The Kier molecular flexibility index (Phi) is 2.52. The summed E-state index contributed by atoms with van der Waals surface area (Å²) < 4.78 is 10.5. The molecular weight excluding hydrogens is 227 g/mol. The first-order chi connectivity index (χ1) is 6.70. The maximum absolute atomic E-state index is 10.5. The first-order valence-corrected chi connectivity index (χ1v) is 4.70. The van der Waals surface area contributed by atoms with Crippen LogP contribution in [0.1, 0.15) is 0 Å². The Bertz CT molecular complexity index is 379. The molecule has 1 unspecified atom stereocenters. The van der Waals surface area contributed by atoms with E-state index in [1.54, 1.807) is 6.07 Å². The van der Waals surface area contributed by atoms with Crippen LogP contribution in [0, 0.1) is 0 Å². The molecule has 0 aromatic heterocycles. The fourth-order valence-electron chi connectivity index (χ4n) is 1.15. The van der Waals surface area contributed by atoms with Crippen LogP contribution in [0.2, 0.25) is 10.0 Å². The van der Waals surface area contributed by atoms with Gasteiger partial charge in [-0.15, -0.1) is 0 Å². The van der Waals surface area contributed by atoms with Gasteiger partial charge in [0, 0.05) is 12.1 Å². The minimum Gasteiger partial charge on any atom is -0.485 e. The van der Waals surface area contributed by atoms with Crippen molar-refractivity contribution in [3.05, 3.63) is 22.2 Å². The summed E-state index contributed by atoms with van der Waals surface area (Å²) in [6, 6.07) is 3.11. The summed E-state index contributed by atoms with van der Waals surface area (Å²) in [5, 5.41) is 0.777. The van der Waals surface area contributed by atoms with E-state index in [1.807, 2.05) is 0 Å². The van der Waals surface area contributed by atoms with Gasteiger partial charge in [0.2, 0.25) is 0 Å². The second-order valence-electron chi connectivity index (χ2n) is 2.82. The molecule has 1 aliphatic heterocycles. The third-order valence-corrected chi connectivity index (χ3v) is 2.54. The average molecular weight is 233 g/mol. The molecule has 1 aromatic carbocycles. The lowest BCUT2D eigenvalue weighted by Gasteiger charge is -2.23. The van der Waals surface area contributed by atoms with Crippen molar-refractivity contribution >= 4 is 29.5 Å². The number of carbonyl (C=O) groups excluding carboxylic acids is 1. The predicted molar refractivity (Wildman–Crippen MR) is 52.4 cm³/mol. The quantitative estimate of drug-likeness (QED) is 0.698. The highest BCUT2D eigenvalue weighted by Gasteiger charge is 2.21. The van der Waals surface area contributed by atoms with Gasteiger partial charge in [-0.05, 0) is 0 Å². The second kappa shape index (κ2) is 3.67. The molecule has 14 heavy (non-hydrogen) atoms. The maximum atomic E-state index is 10.5. The molecule has 0 fully saturated rings. The van der Waals surface area contributed by atoms with Crippen LogP contribution in [0.15, 0.2) is 12.1 Å². The molecule has 0 saturated heterocycles. The lowest BCUT2D eigenvalue weighted by Crippen LogP contribution is -2.30. The lowest BCUT2D eigenvalue weighted by molar-refractivity contribution is -0.115. The summed E-state index contributed by atoms with van der Waals surface area (Å²) in [5.74, 6) is 0.959. The van der Waals surface area contributed by atoms with E-state index in [0.717, 1.165) is 0 Å². The van der Waals surface area contributed by atoms with Crippen LogP contribution in [0.25, 0.3) is 0 Å². The SMILES string of the molecule is O=CC1COc2cc(Cl)c(Cl)cc2O1. The molecule has 1 aromatic rings. The van der Waals surface area contributed by atoms with Crippen LogP contribution >= 0.6 is 23.2 Å². The highest BCUT2D eigenvalue weighted by molar-refractivity contribution is 6.42. The van der Waals surface area contributed by atoms with Gasteiger partial charge in [0.05, 0.1) is 10.0 Å². The van der Waals surface area contributed by atoms with Crippen molar-refractivity contribution in [3.63, 3.8) is 0 Å². The maximum Gasteiger partial charge on any atom is 0.187 e. The predicted octanol–water partition coefficient (Wildman–Crippen LogP) is 2.33. The number of carbonyl (C=O) groups is 1. The Morgan fingerprint density at radius 3 is 2.57 bits per heavy atom. The molecule has 1 heterocycles. The van der Waals surface area contributed by atoms with Crippen molar-refractivity contribution in [1.82, 2.24) is 0 Å². The number of hydrogen-bond donors (Lipinski definition) is 0. The smallest absolute Gasteiger partial charge is 0.187 e. The van der Waals surface area contributed by atoms with Crippen molar-refractivity contribution in [1.29, 1.82) is 0 Å². The summed E-state index contributed by atoms with van der Waals surface area (Å²) in [6.45, 7) is 0.203. The Balaban J connectivity index is 2.38. The van der Waals surface area contributed by atoms with Gasteiger partial charge in [-0.1, -0.05) is 23.2 Å². The Morgan fingerprint density at radius 2 is 1.93 bits per heavy atom. The van der Waals surface area contributed by atoms with Gasteiger partial charge in [-0.3, -0.25) is 4.79 Å². The van der Waals surface area contributed by atoms with Gasteiger partial charge in [-0.25, -0.2) is 0 Å². The zero-order valence-corrected chi connectivity index (χ0v) is 8.51. The Morgan fingerprint density at radius 1 is 1.29 bits per heavy atom. The number of aldehydes is 1. The first-order valence-electron chi connectivity index (χ1n) is 3.94. The minimum atomic E-state index is -0.570. The fraction of sp³-hybridized carbons (Fsp3) is 0.222. The van der Waals surface area contributed by atoms with Crippen molar-refractivity contribution in [2.75, 3.05) is 6.61 Å². The minimum absolute atomic E-state index is 0.203. The Hall–Kier alpha value is -0.930.